The largest absolute Gasteiger partial charge is 0.497 e. The molecule has 0 radical (unpaired) electrons. The second kappa shape index (κ2) is 4.31. The molecular weight excluding hydrogens is 210 g/mol. The first-order chi connectivity index (χ1) is 7.70. The predicted octanol–water partition coefficient (Wildman–Crippen LogP) is 3.64. The summed E-state index contributed by atoms with van der Waals surface area (Å²) in [4.78, 5) is 0. The zero-order chi connectivity index (χ0) is 11.5. The Balaban J connectivity index is 2.46. The van der Waals surface area contributed by atoms with Crippen LogP contribution in [0, 0.1) is 11.6 Å². The molecule has 0 N–H and O–H groups in total. The third-order valence-corrected chi connectivity index (χ3v) is 2.32. The van der Waals surface area contributed by atoms with Crippen molar-refractivity contribution < 1.29 is 13.5 Å². The molecule has 16 heavy (non-hydrogen) atoms. The standard InChI is InChI=1S/C13H10F2O/c1-16-11-4-2-3-9(7-11)10-5-6-12(14)13(15)8-10/h2-8H,1H3. The molecule has 0 aromatic heterocycles. The van der Waals surface area contributed by atoms with Crippen molar-refractivity contribution in [3.05, 3.63) is 54.1 Å². The van der Waals surface area contributed by atoms with Crippen molar-refractivity contribution in [1.82, 2.24) is 0 Å². The van der Waals surface area contributed by atoms with Crippen molar-refractivity contribution in [1.29, 1.82) is 0 Å². The summed E-state index contributed by atoms with van der Waals surface area (Å²) in [5, 5.41) is 0. The number of hydrogen-bond acceptors (Lipinski definition) is 1. The van der Waals surface area contributed by atoms with Crippen molar-refractivity contribution in [3.8, 4) is 16.9 Å². The van der Waals surface area contributed by atoms with E-state index in [1.54, 1.807) is 25.3 Å². The fourth-order valence-electron chi connectivity index (χ4n) is 1.48. The molecule has 0 amide bonds. The van der Waals surface area contributed by atoms with Gasteiger partial charge in [-0.1, -0.05) is 18.2 Å². The molecule has 0 atom stereocenters. The molecule has 0 saturated heterocycles. The molecule has 0 fully saturated rings. The molecule has 0 aliphatic heterocycles. The van der Waals surface area contributed by atoms with Crippen LogP contribution in [0.2, 0.25) is 0 Å². The molecule has 82 valence electrons. The third kappa shape index (κ3) is 2.03. The van der Waals surface area contributed by atoms with Crippen molar-refractivity contribution >= 4 is 0 Å². The molecule has 0 spiro atoms. The van der Waals surface area contributed by atoms with E-state index < -0.39 is 11.6 Å². The Labute approximate surface area is 92.3 Å². The lowest BCUT2D eigenvalue weighted by Crippen LogP contribution is -1.87. The Kier molecular flexibility index (Phi) is 2.86. The highest BCUT2D eigenvalue weighted by atomic mass is 19.2. The molecule has 2 rings (SSSR count). The maximum absolute atomic E-state index is 13.0. The van der Waals surface area contributed by atoms with Crippen molar-refractivity contribution in [2.45, 2.75) is 0 Å². The van der Waals surface area contributed by atoms with Crippen LogP contribution in [0.1, 0.15) is 0 Å². The Morgan fingerprint density at radius 1 is 0.875 bits per heavy atom. The SMILES string of the molecule is COc1cccc(-c2ccc(F)c(F)c2)c1. The Hall–Kier alpha value is -1.90. The van der Waals surface area contributed by atoms with Gasteiger partial charge in [-0.2, -0.15) is 0 Å². The van der Waals surface area contributed by atoms with Gasteiger partial charge in [0.05, 0.1) is 7.11 Å². The maximum Gasteiger partial charge on any atom is 0.159 e. The highest BCUT2D eigenvalue weighted by Gasteiger charge is 2.04. The summed E-state index contributed by atoms with van der Waals surface area (Å²) in [5.41, 5.74) is 1.41. The summed E-state index contributed by atoms with van der Waals surface area (Å²) in [6.07, 6.45) is 0. The molecule has 0 aliphatic rings. The molecule has 3 heteroatoms. The Bertz CT molecular complexity index is 509. The van der Waals surface area contributed by atoms with Gasteiger partial charge in [-0.25, -0.2) is 8.78 Å². The second-order valence-electron chi connectivity index (χ2n) is 3.36. The van der Waals surface area contributed by atoms with Gasteiger partial charge in [-0.3, -0.25) is 0 Å². The second-order valence-corrected chi connectivity index (χ2v) is 3.36. The Morgan fingerprint density at radius 2 is 1.62 bits per heavy atom. The highest BCUT2D eigenvalue weighted by Crippen LogP contribution is 2.24. The maximum atomic E-state index is 13.0. The van der Waals surface area contributed by atoms with E-state index in [2.05, 4.69) is 0 Å². The predicted molar refractivity (Wildman–Crippen MR) is 58.3 cm³/mol. The molecule has 2 aromatic rings. The van der Waals surface area contributed by atoms with Crippen LogP contribution >= 0.6 is 0 Å². The van der Waals surface area contributed by atoms with E-state index in [0.717, 1.165) is 11.6 Å². The monoisotopic (exact) mass is 220 g/mol. The van der Waals surface area contributed by atoms with Crippen LogP contribution in [0.3, 0.4) is 0 Å². The van der Waals surface area contributed by atoms with Crippen molar-refractivity contribution in [2.75, 3.05) is 7.11 Å². The molecule has 0 aliphatic carbocycles. The molecule has 2 aromatic carbocycles. The van der Waals surface area contributed by atoms with E-state index in [4.69, 9.17) is 4.74 Å². The fourth-order valence-corrected chi connectivity index (χ4v) is 1.48. The van der Waals surface area contributed by atoms with Gasteiger partial charge in [-0.05, 0) is 35.4 Å². The van der Waals surface area contributed by atoms with Crippen LogP contribution in [-0.4, -0.2) is 7.11 Å². The zero-order valence-corrected chi connectivity index (χ0v) is 8.71. The summed E-state index contributed by atoms with van der Waals surface area (Å²) in [5.74, 6) is -1.01. The van der Waals surface area contributed by atoms with Gasteiger partial charge in [0.2, 0.25) is 0 Å². The summed E-state index contributed by atoms with van der Waals surface area (Å²) in [7, 11) is 1.56. The van der Waals surface area contributed by atoms with Crippen LogP contribution in [-0.2, 0) is 0 Å². The number of halogens is 2. The molecule has 0 saturated carbocycles. The average molecular weight is 220 g/mol. The fraction of sp³-hybridized carbons (Fsp3) is 0.0769. The van der Waals surface area contributed by atoms with E-state index in [1.165, 1.54) is 12.1 Å². The van der Waals surface area contributed by atoms with Crippen LogP contribution in [0.25, 0.3) is 11.1 Å². The smallest absolute Gasteiger partial charge is 0.159 e. The highest BCUT2D eigenvalue weighted by molar-refractivity contribution is 5.65. The first-order valence-corrected chi connectivity index (χ1v) is 4.80. The normalized spacial score (nSPS) is 10.2. The zero-order valence-electron chi connectivity index (χ0n) is 8.71. The number of rotatable bonds is 2. The van der Waals surface area contributed by atoms with E-state index in [0.29, 0.717) is 11.3 Å². The van der Waals surface area contributed by atoms with Crippen molar-refractivity contribution in [3.63, 3.8) is 0 Å². The van der Waals surface area contributed by atoms with E-state index in [-0.39, 0.29) is 0 Å². The number of ether oxygens (including phenoxy) is 1. The molecular formula is C13H10F2O. The average Bonchev–Trinajstić information content (AvgIpc) is 2.33. The minimum Gasteiger partial charge on any atom is -0.497 e. The summed E-state index contributed by atoms with van der Waals surface area (Å²) >= 11 is 0. The molecule has 0 unspecified atom stereocenters. The van der Waals surface area contributed by atoms with Gasteiger partial charge in [0.15, 0.2) is 11.6 Å². The van der Waals surface area contributed by atoms with Gasteiger partial charge >= 0.3 is 0 Å². The lowest BCUT2D eigenvalue weighted by Gasteiger charge is -2.05. The minimum absolute atomic E-state index is 0.623. The van der Waals surface area contributed by atoms with Crippen LogP contribution in [0.5, 0.6) is 5.75 Å². The number of hydrogen-bond donors (Lipinski definition) is 0. The van der Waals surface area contributed by atoms with Gasteiger partial charge in [0.25, 0.3) is 0 Å². The summed E-state index contributed by atoms with van der Waals surface area (Å²) in [6.45, 7) is 0. The lowest BCUT2D eigenvalue weighted by atomic mass is 10.1. The summed E-state index contributed by atoms with van der Waals surface area (Å²) in [6, 6.07) is 11.0. The Morgan fingerprint density at radius 3 is 2.31 bits per heavy atom. The van der Waals surface area contributed by atoms with E-state index in [1.807, 2.05) is 6.07 Å². The van der Waals surface area contributed by atoms with Crippen LogP contribution in [0.4, 0.5) is 8.78 Å². The van der Waals surface area contributed by atoms with Gasteiger partial charge < -0.3 is 4.74 Å². The third-order valence-electron chi connectivity index (χ3n) is 2.32. The molecule has 1 nitrogen and oxygen atoms in total. The molecule has 0 heterocycles. The van der Waals surface area contributed by atoms with Crippen molar-refractivity contribution in [2.24, 2.45) is 0 Å². The van der Waals surface area contributed by atoms with Gasteiger partial charge in [-0.15, -0.1) is 0 Å². The van der Waals surface area contributed by atoms with Crippen LogP contribution in [0.15, 0.2) is 42.5 Å². The number of benzene rings is 2. The lowest BCUT2D eigenvalue weighted by molar-refractivity contribution is 0.415. The van der Waals surface area contributed by atoms with Gasteiger partial charge in [0, 0.05) is 0 Å². The quantitative estimate of drug-likeness (QED) is 0.750. The number of methoxy groups -OCH3 is 1. The summed E-state index contributed by atoms with van der Waals surface area (Å²) < 4.78 is 30.9. The topological polar surface area (TPSA) is 9.23 Å². The first-order valence-electron chi connectivity index (χ1n) is 4.80. The van der Waals surface area contributed by atoms with Gasteiger partial charge in [0.1, 0.15) is 5.75 Å². The minimum atomic E-state index is -0.847. The molecule has 0 bridgehead atoms. The van der Waals surface area contributed by atoms with E-state index >= 15 is 0 Å². The first kappa shape index (κ1) is 10.6. The van der Waals surface area contributed by atoms with E-state index in [9.17, 15) is 8.78 Å². The van der Waals surface area contributed by atoms with Crippen LogP contribution < -0.4 is 4.74 Å².